The molecule has 2 atom stereocenters. The first-order valence-corrected chi connectivity index (χ1v) is 13.9. The molecule has 7 rings (SSSR count). The second kappa shape index (κ2) is 9.70. The first kappa shape index (κ1) is 25.2. The molecule has 4 amide bonds. The summed E-state index contributed by atoms with van der Waals surface area (Å²) in [6.45, 7) is 0.549. The zero-order chi connectivity index (χ0) is 28.1. The summed E-state index contributed by atoms with van der Waals surface area (Å²) in [6.07, 6.45) is 1.37. The molecule has 204 valence electrons. The topological polar surface area (TPSA) is 60.9 Å². The smallest absolute Gasteiger partial charge is 0.342 e. The van der Waals surface area contributed by atoms with Gasteiger partial charge in [-0.05, 0) is 72.7 Å². The summed E-state index contributed by atoms with van der Waals surface area (Å²) >= 11 is 0. The van der Waals surface area contributed by atoms with E-state index in [1.54, 1.807) is 54.6 Å². The Kier molecular flexibility index (Phi) is 5.96. The summed E-state index contributed by atoms with van der Waals surface area (Å²) in [6, 6.07) is 30.9. The summed E-state index contributed by atoms with van der Waals surface area (Å²) in [5.41, 5.74) is 1.78. The molecule has 0 radical (unpaired) electrons. The number of barbiturate groups is 1. The second-order valence-corrected chi connectivity index (χ2v) is 11.0. The molecular weight excluding hydrogens is 517 g/mol. The number of hydrogen-bond donors (Lipinski definition) is 0. The number of carbonyl (C=O) groups excluding carboxylic acids is 3. The molecule has 0 N–H and O–H groups in total. The van der Waals surface area contributed by atoms with Crippen molar-refractivity contribution in [2.24, 2.45) is 5.41 Å². The SMILES string of the molecule is O=C1N(c2ccccc2)C(=O)C2(Cc3ccc(F)cc3N3CC[C@H](c4ccccc4)C[C@@H]32)C(=O)N1c1ccccc1. The highest BCUT2D eigenvalue weighted by atomic mass is 19.1. The van der Waals surface area contributed by atoms with E-state index in [2.05, 4.69) is 12.1 Å². The van der Waals surface area contributed by atoms with E-state index in [1.165, 1.54) is 12.1 Å². The number of carbonyl (C=O) groups is 3. The van der Waals surface area contributed by atoms with Gasteiger partial charge in [-0.25, -0.2) is 19.0 Å². The number of benzene rings is 4. The van der Waals surface area contributed by atoms with Gasteiger partial charge in [0.15, 0.2) is 5.41 Å². The Labute approximate surface area is 237 Å². The Bertz CT molecular complexity index is 1580. The van der Waals surface area contributed by atoms with Crippen LogP contribution in [0.3, 0.4) is 0 Å². The van der Waals surface area contributed by atoms with E-state index >= 15 is 0 Å². The number of rotatable bonds is 3. The largest absolute Gasteiger partial charge is 0.367 e. The van der Waals surface area contributed by atoms with E-state index < -0.39 is 29.3 Å². The van der Waals surface area contributed by atoms with Gasteiger partial charge in [0.2, 0.25) is 0 Å². The first-order chi connectivity index (χ1) is 20.0. The Morgan fingerprint density at radius 3 is 1.85 bits per heavy atom. The number of anilines is 3. The lowest BCUT2D eigenvalue weighted by molar-refractivity contribution is -0.143. The van der Waals surface area contributed by atoms with Crippen molar-refractivity contribution in [3.63, 3.8) is 0 Å². The molecule has 2 fully saturated rings. The minimum atomic E-state index is -1.60. The van der Waals surface area contributed by atoms with Crippen LogP contribution in [0, 0.1) is 11.2 Å². The van der Waals surface area contributed by atoms with Crippen molar-refractivity contribution in [3.8, 4) is 0 Å². The summed E-state index contributed by atoms with van der Waals surface area (Å²) in [4.78, 5) is 48.1. The molecule has 3 aliphatic heterocycles. The normalized spacial score (nSPS) is 21.6. The van der Waals surface area contributed by atoms with Crippen molar-refractivity contribution >= 4 is 34.9 Å². The molecular formula is C34H28FN3O3. The molecule has 6 nitrogen and oxygen atoms in total. The van der Waals surface area contributed by atoms with E-state index in [9.17, 15) is 18.8 Å². The summed E-state index contributed by atoms with van der Waals surface area (Å²) in [5, 5.41) is 0. The molecule has 0 aliphatic carbocycles. The van der Waals surface area contributed by atoms with Crippen molar-refractivity contribution < 1.29 is 18.8 Å². The Morgan fingerprint density at radius 1 is 0.707 bits per heavy atom. The van der Waals surface area contributed by atoms with E-state index in [0.717, 1.165) is 27.3 Å². The Hall–Kier alpha value is -4.78. The zero-order valence-corrected chi connectivity index (χ0v) is 22.3. The minimum Gasteiger partial charge on any atom is -0.367 e. The van der Waals surface area contributed by atoms with Crippen molar-refractivity contribution in [1.82, 2.24) is 0 Å². The molecule has 0 aromatic heterocycles. The van der Waals surface area contributed by atoms with Gasteiger partial charge in [0, 0.05) is 12.2 Å². The molecule has 4 aromatic carbocycles. The Balaban J connectivity index is 1.45. The number of piperidine rings is 1. The van der Waals surface area contributed by atoms with E-state index in [0.29, 0.717) is 30.0 Å². The number of nitrogens with zero attached hydrogens (tertiary/aromatic N) is 3. The lowest BCUT2D eigenvalue weighted by Crippen LogP contribution is -2.74. The first-order valence-electron chi connectivity index (χ1n) is 13.9. The van der Waals surface area contributed by atoms with Gasteiger partial charge in [-0.1, -0.05) is 72.8 Å². The molecule has 0 bridgehead atoms. The van der Waals surface area contributed by atoms with Crippen molar-refractivity contribution in [3.05, 3.63) is 126 Å². The fraction of sp³-hybridized carbons (Fsp3) is 0.206. The second-order valence-electron chi connectivity index (χ2n) is 11.0. The van der Waals surface area contributed by atoms with Crippen LogP contribution in [0.5, 0.6) is 0 Å². The number of urea groups is 1. The molecule has 0 saturated carbocycles. The van der Waals surface area contributed by atoms with E-state index in [-0.39, 0.29) is 18.2 Å². The van der Waals surface area contributed by atoms with Gasteiger partial charge in [0.25, 0.3) is 11.8 Å². The number of amides is 4. The van der Waals surface area contributed by atoms with Gasteiger partial charge in [-0.3, -0.25) is 9.59 Å². The maximum absolute atomic E-state index is 14.8. The monoisotopic (exact) mass is 545 g/mol. The number of imide groups is 2. The Morgan fingerprint density at radius 2 is 1.27 bits per heavy atom. The number of hydrogen-bond acceptors (Lipinski definition) is 4. The molecule has 2 saturated heterocycles. The summed E-state index contributed by atoms with van der Waals surface area (Å²) in [7, 11) is 0. The predicted octanol–water partition coefficient (Wildman–Crippen LogP) is 6.32. The average molecular weight is 546 g/mol. The number of para-hydroxylation sites is 2. The van der Waals surface area contributed by atoms with Gasteiger partial charge < -0.3 is 4.90 Å². The van der Waals surface area contributed by atoms with E-state index in [4.69, 9.17) is 0 Å². The highest BCUT2D eigenvalue weighted by Crippen LogP contribution is 2.52. The maximum Gasteiger partial charge on any atom is 0.342 e. The standard InChI is InChI=1S/C34H28FN3O3/c35-26-17-16-25-22-34(30-20-24(23-10-4-1-5-11-23)18-19-36(30)29(25)21-26)31(39)37(27-12-6-2-7-13-27)33(41)38(32(34)40)28-14-8-3-9-15-28/h1-17,21,24,30H,18-20,22H2/t24-,30+/m0/s1. The van der Waals surface area contributed by atoms with Gasteiger partial charge in [0.05, 0.1) is 17.4 Å². The molecule has 41 heavy (non-hydrogen) atoms. The van der Waals surface area contributed by atoms with Crippen molar-refractivity contribution in [2.75, 3.05) is 21.2 Å². The van der Waals surface area contributed by atoms with Gasteiger partial charge >= 0.3 is 6.03 Å². The fourth-order valence-electron chi connectivity index (χ4n) is 6.93. The maximum atomic E-state index is 14.8. The number of halogens is 1. The lowest BCUT2D eigenvalue weighted by atomic mass is 9.63. The van der Waals surface area contributed by atoms with Gasteiger partial charge in [0.1, 0.15) is 5.82 Å². The van der Waals surface area contributed by atoms with Crippen LogP contribution in [0.25, 0.3) is 0 Å². The van der Waals surface area contributed by atoms with Crippen LogP contribution < -0.4 is 14.7 Å². The predicted molar refractivity (Wildman–Crippen MR) is 155 cm³/mol. The quantitative estimate of drug-likeness (QED) is 0.283. The third-order valence-corrected chi connectivity index (χ3v) is 8.85. The fourth-order valence-corrected chi connectivity index (χ4v) is 6.93. The molecule has 4 aromatic rings. The third kappa shape index (κ3) is 3.87. The van der Waals surface area contributed by atoms with E-state index in [1.807, 2.05) is 35.2 Å². The van der Waals surface area contributed by atoms with Gasteiger partial charge in [-0.15, -0.1) is 0 Å². The van der Waals surface area contributed by atoms with Crippen LogP contribution in [0.2, 0.25) is 0 Å². The van der Waals surface area contributed by atoms with Crippen molar-refractivity contribution in [1.29, 1.82) is 0 Å². The van der Waals surface area contributed by atoms with Crippen molar-refractivity contribution in [2.45, 2.75) is 31.2 Å². The molecule has 3 aliphatic rings. The molecule has 7 heteroatoms. The average Bonchev–Trinajstić information content (AvgIpc) is 3.01. The lowest BCUT2D eigenvalue weighted by Gasteiger charge is -2.56. The molecule has 3 heterocycles. The number of fused-ring (bicyclic) bond motifs is 4. The van der Waals surface area contributed by atoms with Crippen LogP contribution in [0.15, 0.2) is 109 Å². The molecule has 0 unspecified atom stereocenters. The third-order valence-electron chi connectivity index (χ3n) is 8.85. The minimum absolute atomic E-state index is 0.0723. The van der Waals surface area contributed by atoms with Crippen LogP contribution >= 0.6 is 0 Å². The zero-order valence-electron chi connectivity index (χ0n) is 22.3. The highest BCUT2D eigenvalue weighted by Gasteiger charge is 2.65. The van der Waals surface area contributed by atoms with Crippen LogP contribution in [-0.4, -0.2) is 30.4 Å². The summed E-state index contributed by atoms with van der Waals surface area (Å²) < 4.78 is 14.6. The van der Waals surface area contributed by atoms with Crippen LogP contribution in [0.1, 0.15) is 29.9 Å². The van der Waals surface area contributed by atoms with Gasteiger partial charge in [-0.2, -0.15) is 0 Å². The van der Waals surface area contributed by atoms with Crippen LogP contribution in [-0.2, 0) is 16.0 Å². The molecule has 1 spiro atoms. The summed E-state index contributed by atoms with van der Waals surface area (Å²) in [5.74, 6) is -1.34. The van der Waals surface area contributed by atoms with Crippen LogP contribution in [0.4, 0.5) is 26.2 Å². The highest BCUT2D eigenvalue weighted by molar-refractivity contribution is 6.39.